The van der Waals surface area contributed by atoms with Crippen LogP contribution in [0.2, 0.25) is 0 Å². The summed E-state index contributed by atoms with van der Waals surface area (Å²) in [6.45, 7) is 13.2. The Balaban J connectivity index is 1.76. The largest absolute Gasteiger partial charge is 0.444 e. The molecule has 2 aromatic rings. The van der Waals surface area contributed by atoms with Crippen LogP contribution in [0.4, 0.5) is 4.79 Å². The van der Waals surface area contributed by atoms with Gasteiger partial charge < -0.3 is 18.9 Å². The molecule has 1 aliphatic heterocycles. The molecule has 0 saturated carbocycles. The third-order valence-corrected chi connectivity index (χ3v) is 5.31. The van der Waals surface area contributed by atoms with E-state index in [9.17, 15) is 9.59 Å². The van der Waals surface area contributed by atoms with Gasteiger partial charge in [-0.05, 0) is 53.2 Å². The summed E-state index contributed by atoms with van der Waals surface area (Å²) in [5.74, 6) is -0.130. The quantitative estimate of drug-likeness (QED) is 0.768. The zero-order valence-electron chi connectivity index (χ0n) is 18.3. The van der Waals surface area contributed by atoms with Crippen LogP contribution in [0.5, 0.6) is 0 Å². The van der Waals surface area contributed by atoms with E-state index < -0.39 is 11.1 Å². The summed E-state index contributed by atoms with van der Waals surface area (Å²) in [5, 5.41) is 0. The number of nitrogens with zero attached hydrogens (tertiary/aromatic N) is 4. The molecule has 1 saturated heterocycles. The van der Waals surface area contributed by atoms with E-state index in [0.29, 0.717) is 19.6 Å². The van der Waals surface area contributed by atoms with E-state index in [-0.39, 0.29) is 17.9 Å². The van der Waals surface area contributed by atoms with Gasteiger partial charge in [0.25, 0.3) is 0 Å². The number of ether oxygens (including phenoxy) is 1. The lowest BCUT2D eigenvalue weighted by atomic mass is 9.92. The molecule has 0 radical (unpaired) electrons. The lowest BCUT2D eigenvalue weighted by Crippen LogP contribution is -2.59. The average molecular weight is 401 g/mol. The Morgan fingerprint density at radius 1 is 1.21 bits per heavy atom. The lowest BCUT2D eigenvalue weighted by molar-refractivity contribution is -0.146. The second kappa shape index (κ2) is 7.69. The first kappa shape index (κ1) is 21.1. The molecule has 1 fully saturated rings. The molecule has 2 aromatic heterocycles. The number of hydrogen-bond acceptors (Lipinski definition) is 4. The third-order valence-electron chi connectivity index (χ3n) is 5.31. The number of carbonyl (C=O) groups excluding carboxylic acids is 2. The van der Waals surface area contributed by atoms with E-state index in [2.05, 4.69) is 25.8 Å². The van der Waals surface area contributed by atoms with E-state index in [0.717, 1.165) is 17.8 Å². The molecule has 29 heavy (non-hydrogen) atoms. The molecule has 0 aromatic carbocycles. The highest BCUT2D eigenvalue weighted by molar-refractivity contribution is 5.83. The average Bonchev–Trinajstić information content (AvgIpc) is 3.01. The highest BCUT2D eigenvalue weighted by Gasteiger charge is 2.43. The van der Waals surface area contributed by atoms with Crippen molar-refractivity contribution in [1.82, 2.24) is 19.2 Å². The number of rotatable bonds is 5. The first-order chi connectivity index (χ1) is 13.5. The highest BCUT2D eigenvalue weighted by atomic mass is 16.6. The predicted octanol–water partition coefficient (Wildman–Crippen LogP) is 3.67. The zero-order valence-corrected chi connectivity index (χ0v) is 18.3. The Kier molecular flexibility index (Phi) is 5.61. The standard InChI is InChI=1S/C22H32N4O3/c1-7-11-26(19(27)16-14-24(15-16)20(28)29-21(2,3)4)22(5,6)17-13-23-18-10-8-9-12-25(17)18/h8-10,12-13,16H,7,11,14-15H2,1-6H3. The van der Waals surface area contributed by atoms with E-state index in [1.807, 2.05) is 60.7 Å². The number of amides is 2. The maximum Gasteiger partial charge on any atom is 0.410 e. The van der Waals surface area contributed by atoms with Crippen LogP contribution in [0.15, 0.2) is 30.6 Å². The van der Waals surface area contributed by atoms with Gasteiger partial charge in [0.15, 0.2) is 0 Å². The Morgan fingerprint density at radius 3 is 2.52 bits per heavy atom. The number of likely N-dealkylation sites (tertiary alicyclic amines) is 1. The first-order valence-corrected chi connectivity index (χ1v) is 10.3. The van der Waals surface area contributed by atoms with Gasteiger partial charge in [-0.1, -0.05) is 13.0 Å². The van der Waals surface area contributed by atoms with Crippen molar-refractivity contribution in [2.75, 3.05) is 19.6 Å². The number of fused-ring (bicyclic) bond motifs is 1. The van der Waals surface area contributed by atoms with Crippen molar-refractivity contribution in [2.45, 2.75) is 59.1 Å². The number of aromatic nitrogens is 2. The minimum atomic E-state index is -0.536. The van der Waals surface area contributed by atoms with Gasteiger partial charge in [0, 0.05) is 25.8 Å². The van der Waals surface area contributed by atoms with E-state index >= 15 is 0 Å². The molecule has 0 spiro atoms. The monoisotopic (exact) mass is 400 g/mol. The summed E-state index contributed by atoms with van der Waals surface area (Å²) in [6.07, 6.45) is 4.32. The molecule has 3 rings (SSSR count). The fourth-order valence-corrected chi connectivity index (χ4v) is 3.74. The molecular formula is C22H32N4O3. The smallest absolute Gasteiger partial charge is 0.410 e. The number of imidazole rings is 1. The Bertz CT molecular complexity index is 891. The van der Waals surface area contributed by atoms with Crippen molar-refractivity contribution < 1.29 is 14.3 Å². The van der Waals surface area contributed by atoms with Crippen molar-refractivity contribution >= 4 is 17.6 Å². The topological polar surface area (TPSA) is 67.2 Å². The van der Waals surface area contributed by atoms with Crippen LogP contribution in [0, 0.1) is 5.92 Å². The normalized spacial score (nSPS) is 15.3. The van der Waals surface area contributed by atoms with Crippen LogP contribution < -0.4 is 0 Å². The molecule has 2 amide bonds. The minimum absolute atomic E-state index is 0.0718. The molecule has 0 unspecified atom stereocenters. The number of hydrogen-bond donors (Lipinski definition) is 0. The summed E-state index contributed by atoms with van der Waals surface area (Å²) < 4.78 is 7.43. The van der Waals surface area contributed by atoms with Crippen LogP contribution in [-0.2, 0) is 15.1 Å². The summed E-state index contributed by atoms with van der Waals surface area (Å²) in [6, 6.07) is 5.87. The SMILES string of the molecule is CCCN(C(=O)C1CN(C(=O)OC(C)(C)C)C1)C(C)(C)c1cnc2ccccn12. The third kappa shape index (κ3) is 4.23. The van der Waals surface area contributed by atoms with Crippen molar-refractivity contribution in [2.24, 2.45) is 5.92 Å². The van der Waals surface area contributed by atoms with Crippen molar-refractivity contribution in [3.8, 4) is 0 Å². The molecule has 3 heterocycles. The van der Waals surface area contributed by atoms with Crippen LogP contribution in [0.1, 0.15) is 53.7 Å². The maximum absolute atomic E-state index is 13.4. The number of pyridine rings is 1. The predicted molar refractivity (Wildman–Crippen MR) is 112 cm³/mol. The van der Waals surface area contributed by atoms with Gasteiger partial charge in [-0.15, -0.1) is 0 Å². The molecule has 0 atom stereocenters. The summed E-state index contributed by atoms with van der Waals surface area (Å²) in [4.78, 5) is 33.6. The van der Waals surface area contributed by atoms with Gasteiger partial charge in [0.2, 0.25) is 5.91 Å². The summed E-state index contributed by atoms with van der Waals surface area (Å²) in [7, 11) is 0. The van der Waals surface area contributed by atoms with E-state index in [4.69, 9.17) is 4.74 Å². The molecule has 158 valence electrons. The molecule has 0 bridgehead atoms. The zero-order chi connectivity index (χ0) is 21.4. The minimum Gasteiger partial charge on any atom is -0.444 e. The van der Waals surface area contributed by atoms with Gasteiger partial charge in [-0.3, -0.25) is 4.79 Å². The van der Waals surface area contributed by atoms with Crippen molar-refractivity contribution in [3.63, 3.8) is 0 Å². The lowest BCUT2D eigenvalue weighted by Gasteiger charge is -2.45. The van der Waals surface area contributed by atoms with Crippen LogP contribution in [-0.4, -0.2) is 56.4 Å². The fourth-order valence-electron chi connectivity index (χ4n) is 3.74. The van der Waals surface area contributed by atoms with Crippen LogP contribution in [0.25, 0.3) is 5.65 Å². The Hall–Kier alpha value is -2.57. The maximum atomic E-state index is 13.4. The van der Waals surface area contributed by atoms with Crippen LogP contribution >= 0.6 is 0 Å². The second-order valence-corrected chi connectivity index (χ2v) is 9.20. The van der Waals surface area contributed by atoms with Crippen LogP contribution in [0.3, 0.4) is 0 Å². The molecular weight excluding hydrogens is 368 g/mol. The first-order valence-electron chi connectivity index (χ1n) is 10.3. The Morgan fingerprint density at radius 2 is 1.90 bits per heavy atom. The van der Waals surface area contributed by atoms with E-state index in [1.54, 1.807) is 4.90 Å². The van der Waals surface area contributed by atoms with Crippen molar-refractivity contribution in [1.29, 1.82) is 0 Å². The molecule has 1 aliphatic rings. The van der Waals surface area contributed by atoms with Gasteiger partial charge in [-0.2, -0.15) is 0 Å². The van der Waals surface area contributed by atoms with Gasteiger partial charge >= 0.3 is 6.09 Å². The van der Waals surface area contributed by atoms with Gasteiger partial charge in [-0.25, -0.2) is 9.78 Å². The molecule has 0 N–H and O–H groups in total. The van der Waals surface area contributed by atoms with Gasteiger partial charge in [0.05, 0.1) is 23.3 Å². The van der Waals surface area contributed by atoms with Gasteiger partial charge in [0.1, 0.15) is 11.2 Å². The second-order valence-electron chi connectivity index (χ2n) is 9.20. The molecule has 7 heteroatoms. The summed E-state index contributed by atoms with van der Waals surface area (Å²) in [5.41, 5.74) is 0.767. The fraction of sp³-hybridized carbons (Fsp3) is 0.591. The highest BCUT2D eigenvalue weighted by Crippen LogP contribution is 2.32. The molecule has 7 nitrogen and oxygen atoms in total. The van der Waals surface area contributed by atoms with E-state index in [1.165, 1.54) is 0 Å². The number of carbonyl (C=O) groups is 2. The van der Waals surface area contributed by atoms with Crippen molar-refractivity contribution in [3.05, 3.63) is 36.3 Å². The Labute approximate surface area is 172 Å². The summed E-state index contributed by atoms with van der Waals surface area (Å²) >= 11 is 0. The molecule has 0 aliphatic carbocycles.